The van der Waals surface area contributed by atoms with Crippen LogP contribution in [0.2, 0.25) is 0 Å². The van der Waals surface area contributed by atoms with Gasteiger partial charge in [-0.1, -0.05) is 0 Å². The van der Waals surface area contributed by atoms with E-state index in [2.05, 4.69) is 10.6 Å². The van der Waals surface area contributed by atoms with Gasteiger partial charge in [0.15, 0.2) is 18.3 Å². The van der Waals surface area contributed by atoms with Gasteiger partial charge in [-0.15, -0.1) is 0 Å². The van der Waals surface area contributed by atoms with Gasteiger partial charge < -0.3 is 20.6 Å². The molecule has 0 saturated carbocycles. The predicted octanol–water partition coefficient (Wildman–Crippen LogP) is -1.83. The van der Waals surface area contributed by atoms with E-state index < -0.39 is 12.6 Å². The fourth-order valence-electron chi connectivity index (χ4n) is 0.526. The third kappa shape index (κ3) is 1.32. The fourth-order valence-corrected chi connectivity index (χ4v) is 0.526. The molecular formula is C4H8N2O3. The molecule has 0 aromatic heterocycles. The molecule has 0 amide bonds. The molecule has 0 spiro atoms. The molecule has 9 heavy (non-hydrogen) atoms. The highest BCUT2D eigenvalue weighted by Crippen LogP contribution is 1.97. The molecule has 5 heteroatoms. The zero-order valence-electron chi connectivity index (χ0n) is 4.57. The molecule has 2 unspecified atom stereocenters. The SMILES string of the molecule is OC1=CNC(O)NC1O. The Morgan fingerprint density at radius 1 is 1.44 bits per heavy atom. The summed E-state index contributed by atoms with van der Waals surface area (Å²) in [6, 6.07) is 0. The highest BCUT2D eigenvalue weighted by atomic mass is 16.4. The Labute approximate surface area is 51.6 Å². The van der Waals surface area contributed by atoms with Gasteiger partial charge in [0.1, 0.15) is 0 Å². The highest BCUT2D eigenvalue weighted by molar-refractivity contribution is 4.99. The summed E-state index contributed by atoms with van der Waals surface area (Å²) in [7, 11) is 0. The van der Waals surface area contributed by atoms with E-state index in [0.717, 1.165) is 6.20 Å². The van der Waals surface area contributed by atoms with Gasteiger partial charge in [-0.05, 0) is 0 Å². The van der Waals surface area contributed by atoms with Gasteiger partial charge in [-0.3, -0.25) is 0 Å². The lowest BCUT2D eigenvalue weighted by atomic mass is 10.4. The molecule has 0 fully saturated rings. The van der Waals surface area contributed by atoms with Crippen molar-refractivity contribution in [3.63, 3.8) is 0 Å². The summed E-state index contributed by atoms with van der Waals surface area (Å²) in [5.41, 5.74) is 0. The van der Waals surface area contributed by atoms with Crippen molar-refractivity contribution in [3.05, 3.63) is 12.0 Å². The summed E-state index contributed by atoms with van der Waals surface area (Å²) >= 11 is 0. The van der Waals surface area contributed by atoms with E-state index in [9.17, 15) is 0 Å². The van der Waals surface area contributed by atoms with E-state index in [-0.39, 0.29) is 5.76 Å². The number of hydrogen-bond donors (Lipinski definition) is 5. The molecule has 1 heterocycles. The minimum atomic E-state index is -1.17. The number of nitrogens with one attached hydrogen (secondary N) is 2. The Bertz CT molecular complexity index is 136. The van der Waals surface area contributed by atoms with Crippen LogP contribution in [0.15, 0.2) is 12.0 Å². The first-order chi connectivity index (χ1) is 4.20. The smallest absolute Gasteiger partial charge is 0.183 e. The fraction of sp³-hybridized carbons (Fsp3) is 0.500. The quantitative estimate of drug-likeness (QED) is 0.268. The first kappa shape index (κ1) is 6.34. The lowest BCUT2D eigenvalue weighted by Crippen LogP contribution is -2.50. The van der Waals surface area contributed by atoms with Crippen LogP contribution in [0.1, 0.15) is 0 Å². The molecule has 52 valence electrons. The van der Waals surface area contributed by atoms with Crippen molar-refractivity contribution in [1.29, 1.82) is 0 Å². The van der Waals surface area contributed by atoms with Crippen LogP contribution in [0.4, 0.5) is 0 Å². The Morgan fingerprint density at radius 3 is 2.56 bits per heavy atom. The number of aliphatic hydroxyl groups is 3. The van der Waals surface area contributed by atoms with Crippen molar-refractivity contribution >= 4 is 0 Å². The standard InChI is InChI=1S/C4H8N2O3/c7-2-1-5-4(9)6-3(2)8/h1,3-9H. The average molecular weight is 132 g/mol. The molecule has 0 aromatic rings. The summed E-state index contributed by atoms with van der Waals surface area (Å²) in [5.74, 6) is -0.236. The predicted molar refractivity (Wildman–Crippen MR) is 29.0 cm³/mol. The lowest BCUT2D eigenvalue weighted by molar-refractivity contribution is 0.0138. The van der Waals surface area contributed by atoms with Crippen molar-refractivity contribution in [3.8, 4) is 0 Å². The molecule has 0 radical (unpaired) electrons. The molecule has 0 aliphatic carbocycles. The van der Waals surface area contributed by atoms with E-state index in [1.165, 1.54) is 0 Å². The molecule has 1 rings (SSSR count). The van der Waals surface area contributed by atoms with Crippen molar-refractivity contribution in [2.75, 3.05) is 0 Å². The van der Waals surface area contributed by atoms with Gasteiger partial charge in [0.2, 0.25) is 0 Å². The second kappa shape index (κ2) is 2.22. The first-order valence-corrected chi connectivity index (χ1v) is 2.47. The van der Waals surface area contributed by atoms with Gasteiger partial charge >= 0.3 is 0 Å². The van der Waals surface area contributed by atoms with Gasteiger partial charge in [-0.2, -0.15) is 0 Å². The Balaban J connectivity index is 2.56. The van der Waals surface area contributed by atoms with E-state index in [1.54, 1.807) is 0 Å². The van der Waals surface area contributed by atoms with E-state index in [1.807, 2.05) is 0 Å². The van der Waals surface area contributed by atoms with Crippen LogP contribution in [0.5, 0.6) is 0 Å². The van der Waals surface area contributed by atoms with E-state index in [0.29, 0.717) is 0 Å². The Hall–Kier alpha value is -0.780. The lowest BCUT2D eigenvalue weighted by Gasteiger charge is -2.22. The molecule has 2 atom stereocenters. The third-order valence-corrected chi connectivity index (χ3v) is 0.985. The zero-order valence-corrected chi connectivity index (χ0v) is 4.57. The molecule has 0 bridgehead atoms. The van der Waals surface area contributed by atoms with Crippen LogP contribution >= 0.6 is 0 Å². The number of hydrogen-bond acceptors (Lipinski definition) is 5. The second-order valence-electron chi connectivity index (χ2n) is 1.71. The molecule has 0 saturated heterocycles. The average Bonchev–Trinajstić information content (AvgIpc) is 1.80. The van der Waals surface area contributed by atoms with Gasteiger partial charge in [0.25, 0.3) is 0 Å². The minimum absolute atomic E-state index is 0.236. The molecule has 1 aliphatic rings. The largest absolute Gasteiger partial charge is 0.507 e. The summed E-state index contributed by atoms with van der Waals surface area (Å²) in [5, 5.41) is 30.6. The summed E-state index contributed by atoms with van der Waals surface area (Å²) in [4.78, 5) is 0. The normalized spacial score (nSPS) is 35.1. The van der Waals surface area contributed by atoms with Crippen LogP contribution in [0, 0.1) is 0 Å². The Kier molecular flexibility index (Phi) is 1.56. The maximum Gasteiger partial charge on any atom is 0.183 e. The van der Waals surface area contributed by atoms with Gasteiger partial charge in [0, 0.05) is 6.20 Å². The third-order valence-electron chi connectivity index (χ3n) is 0.985. The number of aliphatic hydroxyl groups excluding tert-OH is 3. The molecule has 0 aromatic carbocycles. The van der Waals surface area contributed by atoms with Crippen molar-refractivity contribution in [2.24, 2.45) is 0 Å². The monoisotopic (exact) mass is 132 g/mol. The van der Waals surface area contributed by atoms with Crippen molar-refractivity contribution in [2.45, 2.75) is 12.6 Å². The van der Waals surface area contributed by atoms with Crippen LogP contribution < -0.4 is 10.6 Å². The zero-order chi connectivity index (χ0) is 6.85. The first-order valence-electron chi connectivity index (χ1n) is 2.47. The van der Waals surface area contributed by atoms with Crippen LogP contribution in [0.25, 0.3) is 0 Å². The number of rotatable bonds is 0. The molecule has 5 nitrogen and oxygen atoms in total. The molecular weight excluding hydrogens is 124 g/mol. The summed E-state index contributed by atoms with van der Waals surface area (Å²) in [6.07, 6.45) is -1.02. The maximum atomic E-state index is 8.72. The van der Waals surface area contributed by atoms with E-state index in [4.69, 9.17) is 15.3 Å². The maximum absolute atomic E-state index is 8.72. The van der Waals surface area contributed by atoms with Crippen molar-refractivity contribution in [1.82, 2.24) is 10.6 Å². The van der Waals surface area contributed by atoms with Crippen LogP contribution in [-0.4, -0.2) is 27.9 Å². The molecule has 5 N–H and O–H groups in total. The highest BCUT2D eigenvalue weighted by Gasteiger charge is 2.17. The summed E-state index contributed by atoms with van der Waals surface area (Å²) in [6.45, 7) is 0. The second-order valence-corrected chi connectivity index (χ2v) is 1.71. The topological polar surface area (TPSA) is 84.8 Å². The summed E-state index contributed by atoms with van der Waals surface area (Å²) < 4.78 is 0. The Morgan fingerprint density at radius 2 is 2.11 bits per heavy atom. The van der Waals surface area contributed by atoms with Gasteiger partial charge in [-0.25, -0.2) is 5.32 Å². The van der Waals surface area contributed by atoms with Crippen LogP contribution in [0.3, 0.4) is 0 Å². The van der Waals surface area contributed by atoms with Gasteiger partial charge in [0.05, 0.1) is 0 Å². The minimum Gasteiger partial charge on any atom is -0.507 e. The van der Waals surface area contributed by atoms with E-state index >= 15 is 0 Å². The molecule has 1 aliphatic heterocycles. The van der Waals surface area contributed by atoms with Crippen LogP contribution in [-0.2, 0) is 0 Å². The van der Waals surface area contributed by atoms with Crippen molar-refractivity contribution < 1.29 is 15.3 Å².